The number of pyridine rings is 1. The Hall–Kier alpha value is -2.86. The van der Waals surface area contributed by atoms with Crippen LogP contribution in [0.5, 0.6) is 5.75 Å². The van der Waals surface area contributed by atoms with Gasteiger partial charge in [-0.1, -0.05) is 0 Å². The second-order valence-electron chi connectivity index (χ2n) is 7.91. The molecule has 3 aromatic rings. The first-order valence-electron chi connectivity index (χ1n) is 10.7. The third kappa shape index (κ3) is 4.12. The molecular formula is C23H25FIN6O2-. The number of halogens is 2. The van der Waals surface area contributed by atoms with E-state index in [1.54, 1.807) is 24.5 Å². The van der Waals surface area contributed by atoms with Gasteiger partial charge in [0.1, 0.15) is 0 Å². The molecule has 10 heteroatoms. The third-order valence-electron chi connectivity index (χ3n) is 5.78. The van der Waals surface area contributed by atoms with Gasteiger partial charge in [0.15, 0.2) is 0 Å². The number of carbonyl (C=O) groups excluding carboxylic acids is 1. The molecule has 5 rings (SSSR count). The van der Waals surface area contributed by atoms with Crippen LogP contribution in [0, 0.1) is 5.82 Å². The number of H-pyrrole nitrogens is 1. The molecule has 2 aromatic heterocycles. The number of hydrogen-bond acceptors (Lipinski definition) is 6. The first-order chi connectivity index (χ1) is 16.1. The van der Waals surface area contributed by atoms with Gasteiger partial charge in [0, 0.05) is 0 Å². The quantitative estimate of drug-likeness (QED) is 0.211. The monoisotopic (exact) mass is 563 g/mol. The van der Waals surface area contributed by atoms with E-state index in [0.29, 0.717) is 23.5 Å². The van der Waals surface area contributed by atoms with Gasteiger partial charge in [0.25, 0.3) is 0 Å². The van der Waals surface area contributed by atoms with Crippen LogP contribution in [0.1, 0.15) is 26.4 Å². The Labute approximate surface area is 201 Å². The number of hydrogen-bond donors (Lipinski definition) is 4. The van der Waals surface area contributed by atoms with Crippen molar-refractivity contribution in [3.8, 4) is 17.0 Å². The number of amides is 1. The molecule has 4 heterocycles. The van der Waals surface area contributed by atoms with Crippen LogP contribution in [0.25, 0.3) is 11.3 Å². The van der Waals surface area contributed by atoms with Gasteiger partial charge in [0.05, 0.1) is 0 Å². The van der Waals surface area contributed by atoms with Crippen molar-refractivity contribution in [2.24, 2.45) is 0 Å². The number of aromatic amines is 1. The predicted molar refractivity (Wildman–Crippen MR) is 121 cm³/mol. The van der Waals surface area contributed by atoms with Gasteiger partial charge in [-0.3, -0.25) is 0 Å². The van der Waals surface area contributed by atoms with E-state index in [0.717, 1.165) is 42.1 Å². The van der Waals surface area contributed by atoms with E-state index < -0.39 is 5.82 Å². The summed E-state index contributed by atoms with van der Waals surface area (Å²) in [5.74, 6) is -0.517. The number of para-hydroxylation sites is 1. The van der Waals surface area contributed by atoms with Crippen LogP contribution in [0.3, 0.4) is 0 Å². The van der Waals surface area contributed by atoms with Gasteiger partial charge < -0.3 is 0 Å². The van der Waals surface area contributed by atoms with E-state index in [4.69, 9.17) is 4.74 Å². The topological polar surface area (TPSA) is 94.3 Å². The number of nitrogens with one attached hydrogen (secondary N) is 4. The second kappa shape index (κ2) is 9.18. The van der Waals surface area contributed by atoms with E-state index in [-0.39, 0.29) is 37.1 Å². The molecule has 1 atom stereocenters. The molecule has 174 valence electrons. The number of methoxy groups -OCH3 is 1. The van der Waals surface area contributed by atoms with Gasteiger partial charge in [-0.2, -0.15) is 0 Å². The molecule has 0 aliphatic carbocycles. The third-order valence-corrected chi connectivity index (χ3v) is 8.94. The molecule has 1 aromatic carbocycles. The minimum atomic E-state index is -0.472. The SMILES string of the molecule is COc1c(F)cccc1Nc1c2[nH]c3c1C(=O)NC[C@H]3[I-]N(C)CCCNc1cnccc1-2. The number of aromatic nitrogens is 2. The fraction of sp³-hybridized carbons (Fsp3) is 0.304. The van der Waals surface area contributed by atoms with Crippen molar-refractivity contribution in [3.63, 3.8) is 0 Å². The minimum absolute atomic E-state index is 0.101. The molecule has 0 saturated carbocycles. The fourth-order valence-corrected chi connectivity index (χ4v) is 7.18. The number of fused-ring (bicyclic) bond motifs is 3. The molecule has 2 bridgehead atoms. The summed E-state index contributed by atoms with van der Waals surface area (Å²) in [6.07, 6.45) is 4.53. The summed E-state index contributed by atoms with van der Waals surface area (Å²) < 4.78 is 22.3. The molecule has 0 saturated heterocycles. The van der Waals surface area contributed by atoms with Crippen LogP contribution in [-0.4, -0.2) is 52.8 Å². The molecule has 1 amide bonds. The Morgan fingerprint density at radius 1 is 1.30 bits per heavy atom. The Balaban J connectivity index is 1.73. The van der Waals surface area contributed by atoms with Gasteiger partial charge >= 0.3 is 202 Å². The van der Waals surface area contributed by atoms with Crippen molar-refractivity contribution in [2.45, 2.75) is 10.3 Å². The number of benzene rings is 1. The number of anilines is 3. The van der Waals surface area contributed by atoms with E-state index >= 15 is 0 Å². The Morgan fingerprint density at radius 2 is 2.18 bits per heavy atom. The maximum atomic E-state index is 14.4. The summed E-state index contributed by atoms with van der Waals surface area (Å²) in [6, 6.07) is 6.63. The Bertz CT molecular complexity index is 1200. The van der Waals surface area contributed by atoms with Crippen LogP contribution >= 0.6 is 0 Å². The maximum absolute atomic E-state index is 14.4. The molecule has 0 radical (unpaired) electrons. The first-order valence-corrected chi connectivity index (χ1v) is 12.9. The van der Waals surface area contributed by atoms with E-state index in [1.165, 1.54) is 13.2 Å². The zero-order valence-corrected chi connectivity index (χ0v) is 20.5. The van der Waals surface area contributed by atoms with Crippen LogP contribution in [0.15, 0.2) is 36.7 Å². The van der Waals surface area contributed by atoms with Crippen LogP contribution in [0.2, 0.25) is 0 Å². The number of rotatable bonds is 3. The summed E-state index contributed by atoms with van der Waals surface area (Å²) in [5.41, 5.74) is 5.10. The summed E-state index contributed by atoms with van der Waals surface area (Å²) in [5, 5.41) is 9.88. The number of nitrogens with zero attached hydrogens (tertiary/aromatic N) is 2. The molecule has 33 heavy (non-hydrogen) atoms. The zero-order chi connectivity index (χ0) is 22.9. The Kier molecular flexibility index (Phi) is 6.11. The average Bonchev–Trinajstić information content (AvgIpc) is 3.18. The molecule has 0 unspecified atom stereocenters. The van der Waals surface area contributed by atoms with Crippen LogP contribution in [0.4, 0.5) is 21.5 Å². The van der Waals surface area contributed by atoms with Crippen molar-refractivity contribution < 1.29 is 35.4 Å². The van der Waals surface area contributed by atoms with Crippen molar-refractivity contribution in [2.75, 3.05) is 44.4 Å². The normalized spacial score (nSPS) is 18.5. The predicted octanol–water partition coefficient (Wildman–Crippen LogP) is 0.504. The first kappa shape index (κ1) is 22.0. The van der Waals surface area contributed by atoms with Crippen LogP contribution < -0.4 is 42.2 Å². The molecule has 0 spiro atoms. The summed E-state index contributed by atoms with van der Waals surface area (Å²) in [4.78, 5) is 21.0. The Morgan fingerprint density at radius 3 is 3.03 bits per heavy atom. The van der Waals surface area contributed by atoms with Crippen molar-refractivity contribution >= 4 is 23.0 Å². The number of carbonyl (C=O) groups is 1. The van der Waals surface area contributed by atoms with Crippen molar-refractivity contribution in [1.82, 2.24) is 18.4 Å². The average molecular weight is 563 g/mol. The molecule has 8 nitrogen and oxygen atoms in total. The molecule has 4 N–H and O–H groups in total. The summed E-state index contributed by atoms with van der Waals surface area (Å²) >= 11 is -0.369. The summed E-state index contributed by atoms with van der Waals surface area (Å²) in [6.45, 7) is 2.40. The van der Waals surface area contributed by atoms with E-state index in [1.807, 2.05) is 6.07 Å². The molecule has 0 fully saturated rings. The number of ether oxygens (including phenoxy) is 1. The van der Waals surface area contributed by atoms with E-state index in [2.05, 4.69) is 36.1 Å². The molecule has 2 aliphatic rings. The second-order valence-corrected chi connectivity index (χ2v) is 11.6. The van der Waals surface area contributed by atoms with Gasteiger partial charge in [-0.05, 0) is 0 Å². The van der Waals surface area contributed by atoms with Gasteiger partial charge in [-0.15, -0.1) is 0 Å². The standard InChI is InChI=1S/C23H25FIN6O2/c1-31-10-4-8-27-17-12-26-9-7-13(17)19-21(29-16-6-3-5-14(24)22(16)33-2)18-20(30-19)15(25-31)11-28-23(18)32/h3,5-7,9,12,15,27,29-30H,4,8,10-11H2,1-2H3,(H,28,32)/q-1/t15-/m1/s1. The van der Waals surface area contributed by atoms with Crippen LogP contribution in [-0.2, 0) is 0 Å². The fourth-order valence-electron chi connectivity index (χ4n) is 4.25. The zero-order valence-electron chi connectivity index (χ0n) is 18.3. The number of alkyl halides is 1. The van der Waals surface area contributed by atoms with E-state index in [9.17, 15) is 9.18 Å². The van der Waals surface area contributed by atoms with Gasteiger partial charge in [-0.25, -0.2) is 0 Å². The summed E-state index contributed by atoms with van der Waals surface area (Å²) in [7, 11) is 3.58. The van der Waals surface area contributed by atoms with Gasteiger partial charge in [0.2, 0.25) is 0 Å². The molecule has 2 aliphatic heterocycles. The van der Waals surface area contributed by atoms with Crippen molar-refractivity contribution in [1.29, 1.82) is 0 Å². The molecular weight excluding hydrogens is 538 g/mol. The van der Waals surface area contributed by atoms with Crippen molar-refractivity contribution in [3.05, 3.63) is 53.7 Å².